The lowest BCUT2D eigenvalue weighted by molar-refractivity contribution is -0.191. The second-order valence-electron chi connectivity index (χ2n) is 6.99. The Hall–Kier alpha value is -3.57. The van der Waals surface area contributed by atoms with Crippen LogP contribution in [0.4, 0.5) is 26.3 Å². The molecule has 6 nitrogen and oxygen atoms in total. The molecule has 2 aromatic heterocycles. The van der Waals surface area contributed by atoms with Crippen LogP contribution in [-0.2, 0) is 13.2 Å². The van der Waals surface area contributed by atoms with Crippen LogP contribution in [0.5, 0.6) is 5.75 Å². The van der Waals surface area contributed by atoms with E-state index in [4.69, 9.17) is 4.52 Å². The monoisotopic (exact) mass is 456 g/mol. The maximum absolute atomic E-state index is 13.5. The number of aromatic nitrogens is 4. The van der Waals surface area contributed by atoms with Crippen LogP contribution in [0.2, 0.25) is 0 Å². The number of fused-ring (bicyclic) bond motifs is 1. The first-order valence-corrected chi connectivity index (χ1v) is 9.13. The van der Waals surface area contributed by atoms with Crippen molar-refractivity contribution in [1.29, 1.82) is 0 Å². The van der Waals surface area contributed by atoms with Crippen molar-refractivity contribution in [3.63, 3.8) is 0 Å². The highest BCUT2D eigenvalue weighted by atomic mass is 19.4. The average Bonchev–Trinajstić information content (AvgIpc) is 3.34. The van der Waals surface area contributed by atoms with Crippen LogP contribution in [0.1, 0.15) is 12.5 Å². The van der Waals surface area contributed by atoms with Crippen LogP contribution in [0.15, 0.2) is 47.2 Å². The molecule has 4 rings (SSSR count). The Balaban J connectivity index is 1.69. The highest BCUT2D eigenvalue weighted by Gasteiger charge is 2.41. The normalized spacial score (nSPS) is 13.5. The minimum Gasteiger partial charge on any atom is -0.481 e. The van der Waals surface area contributed by atoms with E-state index in [1.165, 1.54) is 0 Å². The molecule has 0 aliphatic rings. The van der Waals surface area contributed by atoms with Crippen molar-refractivity contribution in [2.24, 2.45) is 7.05 Å². The first-order chi connectivity index (χ1) is 14.9. The summed E-state index contributed by atoms with van der Waals surface area (Å²) in [7, 11) is 1.79. The molecule has 32 heavy (non-hydrogen) atoms. The zero-order chi connectivity index (χ0) is 23.3. The molecule has 0 amide bonds. The topological polar surface area (TPSA) is 66.0 Å². The van der Waals surface area contributed by atoms with Crippen molar-refractivity contribution in [2.45, 2.75) is 25.4 Å². The van der Waals surface area contributed by atoms with E-state index >= 15 is 0 Å². The highest BCUT2D eigenvalue weighted by molar-refractivity contribution is 5.80. The lowest BCUT2D eigenvalue weighted by atomic mass is 10.1. The smallest absolute Gasteiger partial charge is 0.425 e. The van der Waals surface area contributed by atoms with Gasteiger partial charge in [0.2, 0.25) is 5.82 Å². The second kappa shape index (κ2) is 7.53. The molecule has 4 aromatic rings. The molecule has 2 aromatic carbocycles. The first-order valence-electron chi connectivity index (χ1n) is 9.13. The van der Waals surface area contributed by atoms with Gasteiger partial charge in [0.25, 0.3) is 5.89 Å². The minimum absolute atomic E-state index is 0.121. The summed E-state index contributed by atoms with van der Waals surface area (Å²) >= 11 is 0. The Kier molecular flexibility index (Phi) is 5.10. The van der Waals surface area contributed by atoms with Crippen molar-refractivity contribution in [3.05, 3.63) is 48.3 Å². The minimum atomic E-state index is -4.97. The number of halogens is 6. The number of ether oxygens (including phenoxy) is 1. The van der Waals surface area contributed by atoms with Crippen LogP contribution in [-0.4, -0.2) is 32.0 Å². The molecule has 0 N–H and O–H groups in total. The molecule has 0 saturated carbocycles. The fourth-order valence-electron chi connectivity index (χ4n) is 2.97. The number of hydrogen-bond donors (Lipinski definition) is 0. The van der Waals surface area contributed by atoms with Crippen molar-refractivity contribution in [3.8, 4) is 28.6 Å². The third-order valence-corrected chi connectivity index (χ3v) is 4.71. The summed E-state index contributed by atoms with van der Waals surface area (Å²) < 4.78 is 90.0. The molecule has 1 atom stereocenters. The van der Waals surface area contributed by atoms with E-state index < -0.39 is 29.8 Å². The van der Waals surface area contributed by atoms with Gasteiger partial charge in [0.15, 0.2) is 6.10 Å². The maximum Gasteiger partial charge on any atom is 0.425 e. The zero-order valence-electron chi connectivity index (χ0n) is 16.5. The third-order valence-electron chi connectivity index (χ3n) is 4.71. The number of aryl methyl sites for hydroxylation is 1. The lowest BCUT2D eigenvalue weighted by Crippen LogP contribution is -2.31. The number of hydrogen-bond acceptors (Lipinski definition) is 5. The molecule has 0 aliphatic carbocycles. The number of alkyl halides is 6. The number of benzene rings is 2. The van der Waals surface area contributed by atoms with Gasteiger partial charge in [-0.3, -0.25) is 0 Å². The SMILES string of the molecule is CC(Oc1ccc(-c2nc(-c3ccc4ncn(C)c4c3)no2)cc1C(F)(F)F)C(F)(F)F. The first kappa shape index (κ1) is 21.7. The molecule has 0 radical (unpaired) electrons. The molecule has 0 fully saturated rings. The molecule has 0 aliphatic heterocycles. The van der Waals surface area contributed by atoms with Crippen molar-refractivity contribution >= 4 is 11.0 Å². The lowest BCUT2D eigenvalue weighted by Gasteiger charge is -2.20. The summed E-state index contributed by atoms with van der Waals surface area (Å²) in [6.45, 7) is 0.622. The van der Waals surface area contributed by atoms with Gasteiger partial charge in [-0.2, -0.15) is 31.3 Å². The Morgan fingerprint density at radius 3 is 2.41 bits per heavy atom. The summed E-state index contributed by atoms with van der Waals surface area (Å²) in [5, 5.41) is 3.80. The quantitative estimate of drug-likeness (QED) is 0.372. The summed E-state index contributed by atoms with van der Waals surface area (Å²) in [6, 6.07) is 7.69. The van der Waals surface area contributed by atoms with E-state index in [-0.39, 0.29) is 17.3 Å². The number of imidazole rings is 1. The van der Waals surface area contributed by atoms with Crippen LogP contribution < -0.4 is 4.74 Å². The fraction of sp³-hybridized carbons (Fsp3) is 0.250. The predicted molar refractivity (Wildman–Crippen MR) is 101 cm³/mol. The summed E-state index contributed by atoms with van der Waals surface area (Å²) in [5.74, 6) is -1.05. The van der Waals surface area contributed by atoms with E-state index in [1.54, 1.807) is 36.1 Å². The molecular weight excluding hydrogens is 442 g/mol. The van der Waals surface area contributed by atoms with Crippen LogP contribution in [0.25, 0.3) is 33.9 Å². The zero-order valence-corrected chi connectivity index (χ0v) is 16.5. The third kappa shape index (κ3) is 4.12. The molecule has 0 saturated heterocycles. The maximum atomic E-state index is 13.5. The van der Waals surface area contributed by atoms with Crippen LogP contribution >= 0.6 is 0 Å². The molecule has 0 spiro atoms. The fourth-order valence-corrected chi connectivity index (χ4v) is 2.97. The summed E-state index contributed by atoms with van der Waals surface area (Å²) in [6.07, 6.45) is -10.6. The number of nitrogens with zero attached hydrogens (tertiary/aromatic N) is 4. The van der Waals surface area contributed by atoms with Gasteiger partial charge < -0.3 is 13.8 Å². The largest absolute Gasteiger partial charge is 0.481 e. The Morgan fingerprint density at radius 2 is 1.72 bits per heavy atom. The second-order valence-corrected chi connectivity index (χ2v) is 6.99. The van der Waals surface area contributed by atoms with Gasteiger partial charge >= 0.3 is 12.4 Å². The Labute approximate surface area is 176 Å². The molecular formula is C20H14F6N4O2. The molecule has 1 unspecified atom stereocenters. The summed E-state index contributed by atoms with van der Waals surface area (Å²) in [5.41, 5.74) is 0.560. The van der Waals surface area contributed by atoms with E-state index in [2.05, 4.69) is 19.9 Å². The van der Waals surface area contributed by atoms with Gasteiger partial charge in [0.1, 0.15) is 5.75 Å². The van der Waals surface area contributed by atoms with E-state index in [1.807, 2.05) is 0 Å². The molecule has 0 bridgehead atoms. The van der Waals surface area contributed by atoms with Crippen molar-refractivity contribution < 1.29 is 35.6 Å². The standard InChI is InChI=1S/C20H14F6N4O2/c1-10(19(21,22)23)31-16-6-4-12(7-13(16)20(24,25)26)18-28-17(29-32-18)11-3-5-14-15(8-11)30(2)9-27-14/h3-10H,1-2H3. The van der Waals surface area contributed by atoms with Crippen LogP contribution in [0, 0.1) is 0 Å². The number of rotatable bonds is 4. The van der Waals surface area contributed by atoms with Crippen molar-refractivity contribution in [2.75, 3.05) is 0 Å². The van der Waals surface area contributed by atoms with E-state index in [0.29, 0.717) is 18.6 Å². The van der Waals surface area contributed by atoms with Gasteiger partial charge in [-0.25, -0.2) is 4.98 Å². The molecule has 12 heteroatoms. The van der Waals surface area contributed by atoms with Gasteiger partial charge in [0, 0.05) is 18.2 Å². The molecule has 2 heterocycles. The van der Waals surface area contributed by atoms with E-state index in [0.717, 1.165) is 23.2 Å². The predicted octanol–water partition coefficient (Wildman–Crippen LogP) is 5.64. The van der Waals surface area contributed by atoms with E-state index in [9.17, 15) is 26.3 Å². The van der Waals surface area contributed by atoms with Crippen LogP contribution in [0.3, 0.4) is 0 Å². The summed E-state index contributed by atoms with van der Waals surface area (Å²) in [4.78, 5) is 8.32. The van der Waals surface area contributed by atoms with Gasteiger partial charge in [0.05, 0.1) is 22.9 Å². The van der Waals surface area contributed by atoms with Gasteiger partial charge in [-0.05, 0) is 43.3 Å². The Morgan fingerprint density at radius 1 is 1.00 bits per heavy atom. The van der Waals surface area contributed by atoms with Gasteiger partial charge in [-0.15, -0.1) is 0 Å². The van der Waals surface area contributed by atoms with Gasteiger partial charge in [-0.1, -0.05) is 5.16 Å². The average molecular weight is 456 g/mol. The highest BCUT2D eigenvalue weighted by Crippen LogP contribution is 2.40. The van der Waals surface area contributed by atoms with Crippen molar-refractivity contribution in [1.82, 2.24) is 19.7 Å². The Bertz CT molecular complexity index is 1280. The molecule has 168 valence electrons.